The summed E-state index contributed by atoms with van der Waals surface area (Å²) in [4.78, 5) is 23.4. The monoisotopic (exact) mass is 525 g/mol. The maximum atomic E-state index is 11.9. The fourth-order valence-electron chi connectivity index (χ4n) is 4.39. The van der Waals surface area contributed by atoms with Gasteiger partial charge in [0.15, 0.2) is 0 Å². The van der Waals surface area contributed by atoms with Crippen molar-refractivity contribution < 1.29 is 14.3 Å². The van der Waals surface area contributed by atoms with E-state index in [-0.39, 0.29) is 0 Å². The van der Waals surface area contributed by atoms with Crippen LogP contribution >= 0.6 is 0 Å². The summed E-state index contributed by atoms with van der Waals surface area (Å²) in [6.07, 6.45) is 0.258. The highest BCUT2D eigenvalue weighted by molar-refractivity contribution is 5.87. The molecule has 202 valence electrons. The van der Waals surface area contributed by atoms with Crippen LogP contribution in [0.25, 0.3) is 16.7 Å². The molecule has 2 heterocycles. The molecule has 39 heavy (non-hydrogen) atoms. The van der Waals surface area contributed by atoms with Gasteiger partial charge in [-0.1, -0.05) is 36.9 Å². The van der Waals surface area contributed by atoms with E-state index >= 15 is 0 Å². The molecule has 0 bridgehead atoms. The molecule has 0 atom stereocenters. The van der Waals surface area contributed by atoms with E-state index in [1.54, 1.807) is 0 Å². The van der Waals surface area contributed by atoms with Gasteiger partial charge >= 0.3 is 6.09 Å². The quantitative estimate of drug-likeness (QED) is 0.447. The maximum Gasteiger partial charge on any atom is 0.407 e. The normalized spacial score (nSPS) is 13.5. The van der Waals surface area contributed by atoms with Crippen LogP contribution in [-0.4, -0.2) is 54.5 Å². The number of carbonyl (C=O) groups excluding carboxylic acids is 1. The molecule has 0 radical (unpaired) electrons. The third-order valence-electron chi connectivity index (χ3n) is 6.29. The standard InChI is InChI=1S/C31H35N5O3/c1-21(28-19-29(35-22(2)34-28)36-14-16-38-17-15-36)27-18-24(20-32)8-11-26(27)25-9-6-23(7-10-25)12-13-33-30(37)39-31(3,4)5/h6-11,18-19H,1,12-17H2,2-5H3,(H,33,37). The second-order valence-corrected chi connectivity index (χ2v) is 10.5. The summed E-state index contributed by atoms with van der Waals surface area (Å²) in [7, 11) is 0. The molecule has 0 spiro atoms. The Morgan fingerprint density at radius 1 is 1.13 bits per heavy atom. The van der Waals surface area contributed by atoms with Crippen molar-refractivity contribution in [3.63, 3.8) is 0 Å². The fourth-order valence-corrected chi connectivity index (χ4v) is 4.39. The lowest BCUT2D eigenvalue weighted by atomic mass is 9.91. The van der Waals surface area contributed by atoms with Crippen molar-refractivity contribution in [2.45, 2.75) is 39.7 Å². The van der Waals surface area contributed by atoms with Crippen LogP contribution in [0.1, 0.15) is 49.0 Å². The van der Waals surface area contributed by atoms with Crippen molar-refractivity contribution in [1.29, 1.82) is 5.26 Å². The van der Waals surface area contributed by atoms with Gasteiger partial charge in [0.05, 0.1) is 30.5 Å². The molecular weight excluding hydrogens is 490 g/mol. The fraction of sp³-hybridized carbons (Fsp3) is 0.355. The van der Waals surface area contributed by atoms with Crippen LogP contribution in [0.5, 0.6) is 0 Å². The SMILES string of the molecule is C=C(c1cc(N2CCOCC2)nc(C)n1)c1cc(C#N)ccc1-c1ccc(CCNC(=O)OC(C)(C)C)cc1. The first-order valence-corrected chi connectivity index (χ1v) is 13.1. The van der Waals surface area contributed by atoms with Crippen LogP contribution in [0, 0.1) is 18.3 Å². The van der Waals surface area contributed by atoms with E-state index in [1.807, 2.05) is 76.2 Å². The average Bonchev–Trinajstić information content (AvgIpc) is 2.92. The molecule has 1 N–H and O–H groups in total. The van der Waals surface area contributed by atoms with Crippen LogP contribution < -0.4 is 10.2 Å². The highest BCUT2D eigenvalue weighted by Gasteiger charge is 2.18. The van der Waals surface area contributed by atoms with Gasteiger partial charge < -0.3 is 19.7 Å². The largest absolute Gasteiger partial charge is 0.444 e. The highest BCUT2D eigenvalue weighted by Crippen LogP contribution is 2.33. The van der Waals surface area contributed by atoms with Crippen LogP contribution in [0.4, 0.5) is 10.6 Å². The first-order chi connectivity index (χ1) is 18.6. The van der Waals surface area contributed by atoms with Gasteiger partial charge in [-0.15, -0.1) is 0 Å². The van der Waals surface area contributed by atoms with E-state index in [0.717, 1.165) is 52.4 Å². The van der Waals surface area contributed by atoms with Gasteiger partial charge in [0, 0.05) is 31.3 Å². The number of amides is 1. The van der Waals surface area contributed by atoms with Crippen molar-refractivity contribution in [3.05, 3.63) is 83.3 Å². The van der Waals surface area contributed by atoms with Gasteiger partial charge in [0.2, 0.25) is 0 Å². The van der Waals surface area contributed by atoms with E-state index in [2.05, 4.69) is 32.8 Å². The van der Waals surface area contributed by atoms with Crippen molar-refractivity contribution in [3.8, 4) is 17.2 Å². The Morgan fingerprint density at radius 2 is 1.85 bits per heavy atom. The molecule has 1 aliphatic rings. The number of hydrogen-bond acceptors (Lipinski definition) is 7. The summed E-state index contributed by atoms with van der Waals surface area (Å²) in [6.45, 7) is 15.1. The second kappa shape index (κ2) is 12.1. The van der Waals surface area contributed by atoms with Gasteiger partial charge in [0.25, 0.3) is 0 Å². The molecule has 8 heteroatoms. The van der Waals surface area contributed by atoms with Gasteiger partial charge in [-0.25, -0.2) is 14.8 Å². The number of nitriles is 1. The van der Waals surface area contributed by atoms with Gasteiger partial charge in [-0.3, -0.25) is 0 Å². The summed E-state index contributed by atoms with van der Waals surface area (Å²) >= 11 is 0. The van der Waals surface area contributed by atoms with Crippen molar-refractivity contribution in [2.24, 2.45) is 0 Å². The van der Waals surface area contributed by atoms with E-state index < -0.39 is 11.7 Å². The number of nitrogens with zero attached hydrogens (tertiary/aromatic N) is 4. The van der Waals surface area contributed by atoms with Gasteiger partial charge in [0.1, 0.15) is 17.2 Å². The minimum Gasteiger partial charge on any atom is -0.444 e. The lowest BCUT2D eigenvalue weighted by Gasteiger charge is -2.28. The van der Waals surface area contributed by atoms with Crippen molar-refractivity contribution in [1.82, 2.24) is 15.3 Å². The molecule has 1 fully saturated rings. The van der Waals surface area contributed by atoms with Crippen LogP contribution in [0.3, 0.4) is 0 Å². The van der Waals surface area contributed by atoms with Crippen LogP contribution in [-0.2, 0) is 15.9 Å². The second-order valence-electron chi connectivity index (χ2n) is 10.5. The zero-order chi connectivity index (χ0) is 28.0. The molecule has 1 aliphatic heterocycles. The number of benzene rings is 2. The molecule has 3 aromatic rings. The lowest BCUT2D eigenvalue weighted by Crippen LogP contribution is -2.37. The first-order valence-electron chi connectivity index (χ1n) is 13.1. The van der Waals surface area contributed by atoms with Crippen molar-refractivity contribution in [2.75, 3.05) is 37.7 Å². The molecule has 1 amide bonds. The molecule has 2 aromatic carbocycles. The Labute approximate surface area is 230 Å². The Kier molecular flexibility index (Phi) is 8.62. The molecule has 1 aromatic heterocycles. The number of nitrogens with one attached hydrogen (secondary N) is 1. The van der Waals surface area contributed by atoms with E-state index in [9.17, 15) is 10.1 Å². The van der Waals surface area contributed by atoms with E-state index in [0.29, 0.717) is 37.6 Å². The summed E-state index contributed by atoms with van der Waals surface area (Å²) in [5.41, 5.74) is 5.38. The Bertz CT molecular complexity index is 1380. The molecule has 1 saturated heterocycles. The summed E-state index contributed by atoms with van der Waals surface area (Å²) in [5, 5.41) is 12.4. The minimum absolute atomic E-state index is 0.420. The first kappa shape index (κ1) is 27.8. The number of carbonyl (C=O) groups is 1. The zero-order valence-electron chi connectivity index (χ0n) is 23.1. The molecule has 0 aliphatic carbocycles. The van der Waals surface area contributed by atoms with Crippen LogP contribution in [0.2, 0.25) is 0 Å². The third kappa shape index (κ3) is 7.43. The van der Waals surface area contributed by atoms with Gasteiger partial charge in [-0.05, 0) is 68.5 Å². The summed E-state index contributed by atoms with van der Waals surface area (Å²) in [6, 6.07) is 18.0. The third-order valence-corrected chi connectivity index (χ3v) is 6.29. The number of rotatable bonds is 7. The predicted molar refractivity (Wildman–Crippen MR) is 152 cm³/mol. The number of aromatic nitrogens is 2. The maximum absolute atomic E-state index is 11.9. The number of alkyl carbamates (subject to hydrolysis) is 1. The van der Waals surface area contributed by atoms with E-state index in [1.165, 1.54) is 0 Å². The Balaban J connectivity index is 1.55. The topological polar surface area (TPSA) is 100 Å². The molecule has 0 unspecified atom stereocenters. The zero-order valence-corrected chi connectivity index (χ0v) is 23.1. The van der Waals surface area contributed by atoms with Crippen molar-refractivity contribution >= 4 is 17.5 Å². The smallest absolute Gasteiger partial charge is 0.407 e. The molecule has 4 rings (SSSR count). The lowest BCUT2D eigenvalue weighted by molar-refractivity contribution is 0.0528. The van der Waals surface area contributed by atoms with Gasteiger partial charge in [-0.2, -0.15) is 5.26 Å². The summed E-state index contributed by atoms with van der Waals surface area (Å²) in [5.74, 6) is 1.52. The average molecular weight is 526 g/mol. The predicted octanol–water partition coefficient (Wildman–Crippen LogP) is 5.29. The van der Waals surface area contributed by atoms with Crippen LogP contribution in [0.15, 0.2) is 55.1 Å². The highest BCUT2D eigenvalue weighted by atomic mass is 16.6. The number of hydrogen-bond donors (Lipinski definition) is 1. The van der Waals surface area contributed by atoms with E-state index in [4.69, 9.17) is 9.47 Å². The molecular formula is C31H35N5O3. The molecule has 8 nitrogen and oxygen atoms in total. The number of ether oxygens (including phenoxy) is 2. The Hall–Kier alpha value is -4.22. The Morgan fingerprint density at radius 3 is 2.51 bits per heavy atom. The molecule has 0 saturated carbocycles. The minimum atomic E-state index is -0.525. The number of anilines is 1. The number of aryl methyl sites for hydroxylation is 1. The number of morpholine rings is 1. The summed E-state index contributed by atoms with van der Waals surface area (Å²) < 4.78 is 10.8.